The van der Waals surface area contributed by atoms with Gasteiger partial charge in [0.2, 0.25) is 0 Å². The fraction of sp³-hybridized carbons (Fsp3) is 0.0508. The molecule has 2 heteroatoms. The molecule has 0 saturated heterocycles. The molecule has 1 heterocycles. The molecule has 0 amide bonds. The van der Waals surface area contributed by atoms with Gasteiger partial charge in [0.1, 0.15) is 0 Å². The average Bonchev–Trinajstić information content (AvgIpc) is 3.56. The Balaban J connectivity index is 1.02. The first-order chi connectivity index (χ1) is 30.0. The molecule has 2 nitrogen and oxygen atoms in total. The molecule has 0 unspecified atom stereocenters. The molecule has 1 aromatic heterocycles. The molecule has 0 N–H and O–H groups in total. The van der Waals surface area contributed by atoms with Crippen LogP contribution >= 0.6 is 0 Å². The molecule has 0 radical (unpaired) electrons. The van der Waals surface area contributed by atoms with Gasteiger partial charge in [-0.1, -0.05) is 202 Å². The van der Waals surface area contributed by atoms with Gasteiger partial charge in [0.05, 0.1) is 11.4 Å². The van der Waals surface area contributed by atoms with E-state index >= 15 is 0 Å². The van der Waals surface area contributed by atoms with Gasteiger partial charge >= 0.3 is 0 Å². The molecule has 1 aliphatic rings. The molecule has 61 heavy (non-hydrogen) atoms. The molecule has 10 aromatic rings. The second-order valence-electron chi connectivity index (χ2n) is 16.6. The standard InChI is InChI=1S/C59H42N2/c1-59(2)53-29-15-28-50(57(53)52-36-45-20-9-10-21-46(45)37-54(52)59)42-32-30-41(31-33-42)49-26-11-12-27-51(49)58-60-55(47-24-13-22-43(34-47)39-16-5-3-6-17-39)38-56(61-58)48-25-14-23-44(35-48)40-18-7-4-8-19-40/h3-38H,1-2H3. The van der Waals surface area contributed by atoms with Crippen molar-refractivity contribution in [3.05, 3.63) is 230 Å². The predicted octanol–water partition coefficient (Wildman–Crippen LogP) is 15.6. The summed E-state index contributed by atoms with van der Waals surface area (Å²) in [5.41, 5.74) is 19.5. The summed E-state index contributed by atoms with van der Waals surface area (Å²) in [6.45, 7) is 4.72. The molecule has 0 fully saturated rings. The Kier molecular flexibility index (Phi) is 8.86. The van der Waals surface area contributed by atoms with Crippen LogP contribution in [0.3, 0.4) is 0 Å². The molecular formula is C59H42N2. The first-order valence-corrected chi connectivity index (χ1v) is 21.1. The van der Waals surface area contributed by atoms with Crippen molar-refractivity contribution in [2.45, 2.75) is 19.3 Å². The summed E-state index contributed by atoms with van der Waals surface area (Å²) in [5.74, 6) is 0.689. The van der Waals surface area contributed by atoms with Gasteiger partial charge in [0.15, 0.2) is 5.82 Å². The third-order valence-corrected chi connectivity index (χ3v) is 12.5. The Bertz CT molecular complexity index is 3150. The first-order valence-electron chi connectivity index (χ1n) is 21.1. The number of nitrogens with zero attached hydrogens (tertiary/aromatic N) is 2. The maximum Gasteiger partial charge on any atom is 0.161 e. The van der Waals surface area contributed by atoms with Gasteiger partial charge in [-0.25, -0.2) is 9.97 Å². The van der Waals surface area contributed by atoms with E-state index in [1.807, 2.05) is 0 Å². The lowest BCUT2D eigenvalue weighted by molar-refractivity contribution is 0.661. The summed E-state index contributed by atoms with van der Waals surface area (Å²) >= 11 is 0. The zero-order valence-corrected chi connectivity index (χ0v) is 34.2. The highest BCUT2D eigenvalue weighted by Gasteiger charge is 2.37. The first kappa shape index (κ1) is 36.4. The Labute approximate surface area is 357 Å². The van der Waals surface area contributed by atoms with Crippen LogP contribution in [0.5, 0.6) is 0 Å². The third-order valence-electron chi connectivity index (χ3n) is 12.5. The van der Waals surface area contributed by atoms with E-state index < -0.39 is 0 Å². The molecule has 288 valence electrons. The maximum absolute atomic E-state index is 5.35. The van der Waals surface area contributed by atoms with Gasteiger partial charge in [-0.05, 0) is 108 Å². The van der Waals surface area contributed by atoms with Crippen molar-refractivity contribution < 1.29 is 0 Å². The normalized spacial score (nSPS) is 12.6. The summed E-state index contributed by atoms with van der Waals surface area (Å²) < 4.78 is 0. The molecule has 0 bridgehead atoms. The fourth-order valence-electron chi connectivity index (χ4n) is 9.31. The van der Waals surface area contributed by atoms with Crippen molar-refractivity contribution >= 4 is 10.8 Å². The number of benzene rings is 9. The number of hydrogen-bond acceptors (Lipinski definition) is 2. The average molecular weight is 779 g/mol. The van der Waals surface area contributed by atoms with Crippen LogP contribution < -0.4 is 0 Å². The van der Waals surface area contributed by atoms with Gasteiger partial charge in [0, 0.05) is 22.1 Å². The van der Waals surface area contributed by atoms with E-state index in [0.717, 1.165) is 50.3 Å². The van der Waals surface area contributed by atoms with Crippen LogP contribution in [0.1, 0.15) is 25.0 Å². The van der Waals surface area contributed by atoms with Crippen LogP contribution in [-0.2, 0) is 5.41 Å². The molecule has 0 saturated carbocycles. The van der Waals surface area contributed by atoms with Crippen LogP contribution in [0.15, 0.2) is 218 Å². The second kappa shape index (κ2) is 14.9. The second-order valence-corrected chi connectivity index (χ2v) is 16.6. The lowest BCUT2D eigenvalue weighted by atomic mass is 9.81. The molecule has 9 aromatic carbocycles. The highest BCUT2D eigenvalue weighted by Crippen LogP contribution is 2.53. The van der Waals surface area contributed by atoms with Crippen molar-refractivity contribution in [2.24, 2.45) is 0 Å². The Morgan fingerprint density at radius 2 is 0.754 bits per heavy atom. The SMILES string of the molecule is CC1(C)c2cc3ccccc3cc2-c2c(-c3ccc(-c4ccccc4-c4nc(-c5cccc(-c6ccccc6)c5)cc(-c5cccc(-c6ccccc6)c5)n4)cc3)cccc21. The number of aromatic nitrogens is 2. The number of hydrogen-bond donors (Lipinski definition) is 0. The van der Waals surface area contributed by atoms with E-state index in [0.29, 0.717) is 5.82 Å². The summed E-state index contributed by atoms with van der Waals surface area (Å²) in [5, 5.41) is 2.56. The van der Waals surface area contributed by atoms with Crippen LogP contribution in [-0.4, -0.2) is 9.97 Å². The highest BCUT2D eigenvalue weighted by molar-refractivity contribution is 5.99. The smallest absolute Gasteiger partial charge is 0.161 e. The lowest BCUT2D eigenvalue weighted by Crippen LogP contribution is -2.14. The van der Waals surface area contributed by atoms with Gasteiger partial charge in [0.25, 0.3) is 0 Å². The van der Waals surface area contributed by atoms with E-state index in [4.69, 9.17) is 9.97 Å². The third kappa shape index (κ3) is 6.54. The fourth-order valence-corrected chi connectivity index (χ4v) is 9.31. The molecule has 0 aliphatic heterocycles. The molecule has 11 rings (SSSR count). The minimum atomic E-state index is -0.0945. The van der Waals surface area contributed by atoms with Gasteiger partial charge < -0.3 is 0 Å². The van der Waals surface area contributed by atoms with Gasteiger partial charge in [-0.15, -0.1) is 0 Å². The Morgan fingerprint density at radius 3 is 1.36 bits per heavy atom. The minimum absolute atomic E-state index is 0.0945. The zero-order valence-electron chi connectivity index (χ0n) is 34.2. The summed E-state index contributed by atoms with van der Waals surface area (Å²) in [4.78, 5) is 10.7. The van der Waals surface area contributed by atoms with Crippen LogP contribution in [0.4, 0.5) is 0 Å². The van der Waals surface area contributed by atoms with E-state index in [1.54, 1.807) is 0 Å². The Hall–Kier alpha value is -7.68. The van der Waals surface area contributed by atoms with Crippen molar-refractivity contribution in [3.63, 3.8) is 0 Å². The monoisotopic (exact) mass is 778 g/mol. The zero-order chi connectivity index (χ0) is 40.9. The van der Waals surface area contributed by atoms with E-state index in [9.17, 15) is 0 Å². The van der Waals surface area contributed by atoms with Crippen molar-refractivity contribution in [1.29, 1.82) is 0 Å². The van der Waals surface area contributed by atoms with Gasteiger partial charge in [-0.3, -0.25) is 0 Å². The van der Waals surface area contributed by atoms with E-state index in [-0.39, 0.29) is 5.41 Å². The number of fused-ring (bicyclic) bond motifs is 4. The maximum atomic E-state index is 5.35. The topological polar surface area (TPSA) is 25.8 Å². The van der Waals surface area contributed by atoms with Crippen LogP contribution in [0, 0.1) is 0 Å². The molecule has 1 aliphatic carbocycles. The molecule has 0 atom stereocenters. The van der Waals surface area contributed by atoms with E-state index in [2.05, 4.69) is 232 Å². The predicted molar refractivity (Wildman–Crippen MR) is 255 cm³/mol. The largest absolute Gasteiger partial charge is 0.228 e. The minimum Gasteiger partial charge on any atom is -0.228 e. The van der Waals surface area contributed by atoms with Crippen molar-refractivity contribution in [2.75, 3.05) is 0 Å². The van der Waals surface area contributed by atoms with E-state index in [1.165, 1.54) is 55.3 Å². The van der Waals surface area contributed by atoms with Crippen LogP contribution in [0.2, 0.25) is 0 Å². The highest BCUT2D eigenvalue weighted by atomic mass is 14.9. The summed E-state index contributed by atoms with van der Waals surface area (Å²) in [6, 6.07) is 78.4. The van der Waals surface area contributed by atoms with Gasteiger partial charge in [-0.2, -0.15) is 0 Å². The molecule has 0 spiro atoms. The number of rotatable bonds is 7. The summed E-state index contributed by atoms with van der Waals surface area (Å²) in [7, 11) is 0. The quantitative estimate of drug-likeness (QED) is 0.161. The van der Waals surface area contributed by atoms with Crippen LogP contribution in [0.25, 0.3) is 100 Å². The summed E-state index contributed by atoms with van der Waals surface area (Å²) in [6.07, 6.45) is 0. The van der Waals surface area contributed by atoms with Crippen molar-refractivity contribution in [3.8, 4) is 89.5 Å². The van der Waals surface area contributed by atoms with Crippen molar-refractivity contribution in [1.82, 2.24) is 9.97 Å². The Morgan fingerprint density at radius 1 is 0.295 bits per heavy atom. The molecular weight excluding hydrogens is 737 g/mol. The lowest BCUT2D eigenvalue weighted by Gasteiger charge is -2.22.